The van der Waals surface area contributed by atoms with E-state index in [1.54, 1.807) is 0 Å². The molecule has 0 bridgehead atoms. The van der Waals surface area contributed by atoms with Gasteiger partial charge in [-0.15, -0.1) is 0 Å². The Hall–Kier alpha value is -2.39. The van der Waals surface area contributed by atoms with Gasteiger partial charge in [0, 0.05) is 11.8 Å². The number of aryl methyl sites for hydroxylation is 2. The van der Waals surface area contributed by atoms with E-state index in [0.717, 1.165) is 28.4 Å². The lowest BCUT2D eigenvalue weighted by Crippen LogP contribution is -2.06. The predicted molar refractivity (Wildman–Crippen MR) is 90.3 cm³/mol. The number of nitrogens with one attached hydrogen (secondary N) is 1. The largest absolute Gasteiger partial charge is 0.464 e. The molecule has 0 aliphatic heterocycles. The molecule has 0 aliphatic rings. The maximum atomic E-state index is 11.6. The summed E-state index contributed by atoms with van der Waals surface area (Å²) in [5.41, 5.74) is 8.73. The fourth-order valence-electron chi connectivity index (χ4n) is 2.17. The first-order valence-electron chi connectivity index (χ1n) is 6.82. The monoisotopic (exact) mass is 364 g/mol. The van der Waals surface area contributed by atoms with Crippen molar-refractivity contribution in [1.29, 1.82) is 0 Å². The second-order valence-corrected chi connectivity index (χ2v) is 6.27. The minimum Gasteiger partial charge on any atom is -0.464 e. The number of hydrogen-bond donors (Lipinski definition) is 2. The van der Waals surface area contributed by atoms with E-state index in [2.05, 4.69) is 29.7 Å². The van der Waals surface area contributed by atoms with Gasteiger partial charge in [0.1, 0.15) is 16.5 Å². The first-order chi connectivity index (χ1) is 11.4. The smallest absolute Gasteiger partial charge is 0.356 e. The number of H-pyrrole nitrogens is 1. The predicted octanol–water partition coefficient (Wildman–Crippen LogP) is 2.54. The van der Waals surface area contributed by atoms with Crippen molar-refractivity contribution in [3.8, 4) is 0 Å². The highest BCUT2D eigenvalue weighted by atomic mass is 35.5. The van der Waals surface area contributed by atoms with Gasteiger partial charge >= 0.3 is 5.97 Å². The third-order valence-electron chi connectivity index (χ3n) is 3.43. The quantitative estimate of drug-likeness (QED) is 0.413. The van der Waals surface area contributed by atoms with Crippen molar-refractivity contribution < 1.29 is 9.53 Å². The van der Waals surface area contributed by atoms with Crippen LogP contribution >= 0.6 is 23.4 Å². The SMILES string of the molecule is COC(=O)c1cc(Sc2nc(N)c3c(C)c(C)[nH]c3n2)nc(Cl)n1. The number of rotatable bonds is 3. The number of halogens is 1. The molecule has 0 fully saturated rings. The maximum Gasteiger partial charge on any atom is 0.356 e. The molecule has 24 heavy (non-hydrogen) atoms. The van der Waals surface area contributed by atoms with Gasteiger partial charge in [-0.3, -0.25) is 0 Å². The van der Waals surface area contributed by atoms with Crippen LogP contribution in [0.1, 0.15) is 21.7 Å². The third kappa shape index (κ3) is 3.00. The Labute approximate surface area is 146 Å². The molecule has 0 saturated carbocycles. The highest BCUT2D eigenvalue weighted by Gasteiger charge is 2.16. The van der Waals surface area contributed by atoms with Gasteiger partial charge in [0.15, 0.2) is 10.9 Å². The number of aromatic nitrogens is 5. The van der Waals surface area contributed by atoms with Crippen molar-refractivity contribution in [2.24, 2.45) is 0 Å². The van der Waals surface area contributed by atoms with Gasteiger partial charge < -0.3 is 15.5 Å². The molecule has 0 atom stereocenters. The van der Waals surface area contributed by atoms with Gasteiger partial charge in [-0.25, -0.2) is 24.7 Å². The van der Waals surface area contributed by atoms with Gasteiger partial charge in [-0.1, -0.05) is 0 Å². The topological polar surface area (TPSA) is 120 Å². The Morgan fingerprint density at radius 3 is 2.75 bits per heavy atom. The summed E-state index contributed by atoms with van der Waals surface area (Å²) in [5.74, 6) is -0.231. The number of nitrogen functional groups attached to an aromatic ring is 1. The number of nitrogens with zero attached hydrogens (tertiary/aromatic N) is 4. The van der Waals surface area contributed by atoms with Crippen LogP contribution < -0.4 is 5.73 Å². The highest BCUT2D eigenvalue weighted by molar-refractivity contribution is 7.99. The molecule has 3 rings (SSSR count). The Morgan fingerprint density at radius 1 is 1.29 bits per heavy atom. The average molecular weight is 365 g/mol. The number of carbonyl (C=O) groups is 1. The average Bonchev–Trinajstić information content (AvgIpc) is 2.80. The minimum absolute atomic E-state index is 0.0561. The number of carbonyl (C=O) groups excluding carboxylic acids is 1. The standard InChI is InChI=1S/C14H13ClN6O2S/c1-5-6(2)17-11-9(5)10(16)20-14(21-11)24-8-4-7(12(22)23-3)18-13(15)19-8/h4H,1-3H3,(H3,16,17,20,21). The zero-order valence-electron chi connectivity index (χ0n) is 13.0. The van der Waals surface area contributed by atoms with Crippen LogP contribution in [0.3, 0.4) is 0 Å². The van der Waals surface area contributed by atoms with Crippen molar-refractivity contribution in [1.82, 2.24) is 24.9 Å². The van der Waals surface area contributed by atoms with Crippen LogP contribution in [-0.4, -0.2) is 38.0 Å². The van der Waals surface area contributed by atoms with Crippen LogP contribution in [0, 0.1) is 13.8 Å². The summed E-state index contributed by atoms with van der Waals surface area (Å²) in [7, 11) is 1.26. The van der Waals surface area contributed by atoms with Crippen LogP contribution in [0.4, 0.5) is 5.82 Å². The molecule has 3 aromatic heterocycles. The molecule has 0 aliphatic carbocycles. The van der Waals surface area contributed by atoms with E-state index in [-0.39, 0.29) is 11.0 Å². The van der Waals surface area contributed by atoms with E-state index in [4.69, 9.17) is 17.3 Å². The van der Waals surface area contributed by atoms with Gasteiger partial charge in [-0.05, 0) is 42.8 Å². The van der Waals surface area contributed by atoms with Crippen molar-refractivity contribution in [3.05, 3.63) is 28.3 Å². The molecule has 10 heteroatoms. The van der Waals surface area contributed by atoms with Crippen molar-refractivity contribution >= 4 is 46.2 Å². The summed E-state index contributed by atoms with van der Waals surface area (Å²) in [4.78, 5) is 31.4. The van der Waals surface area contributed by atoms with E-state index in [1.165, 1.54) is 13.2 Å². The molecular weight excluding hydrogens is 352 g/mol. The molecule has 0 spiro atoms. The lowest BCUT2D eigenvalue weighted by Gasteiger charge is -2.04. The van der Waals surface area contributed by atoms with Crippen LogP contribution in [0.2, 0.25) is 5.28 Å². The lowest BCUT2D eigenvalue weighted by atomic mass is 10.2. The van der Waals surface area contributed by atoms with Crippen molar-refractivity contribution in [3.63, 3.8) is 0 Å². The number of methoxy groups -OCH3 is 1. The Morgan fingerprint density at radius 2 is 2.04 bits per heavy atom. The van der Waals surface area contributed by atoms with Crippen molar-refractivity contribution in [2.75, 3.05) is 12.8 Å². The van der Waals surface area contributed by atoms with Crippen LogP contribution in [0.25, 0.3) is 11.0 Å². The summed E-state index contributed by atoms with van der Waals surface area (Å²) in [6.45, 7) is 3.89. The lowest BCUT2D eigenvalue weighted by molar-refractivity contribution is 0.0593. The van der Waals surface area contributed by atoms with E-state index in [0.29, 0.717) is 21.6 Å². The minimum atomic E-state index is -0.604. The fraction of sp³-hybridized carbons (Fsp3) is 0.214. The molecule has 124 valence electrons. The molecule has 0 saturated heterocycles. The summed E-state index contributed by atoms with van der Waals surface area (Å²) in [6, 6.07) is 1.46. The van der Waals surface area contributed by atoms with E-state index >= 15 is 0 Å². The number of fused-ring (bicyclic) bond motifs is 1. The zero-order chi connectivity index (χ0) is 17.4. The number of esters is 1. The number of ether oxygens (including phenoxy) is 1. The van der Waals surface area contributed by atoms with Crippen LogP contribution in [-0.2, 0) is 4.74 Å². The van der Waals surface area contributed by atoms with Gasteiger partial charge in [-0.2, -0.15) is 0 Å². The van der Waals surface area contributed by atoms with Crippen LogP contribution in [0.15, 0.2) is 16.2 Å². The van der Waals surface area contributed by atoms with E-state index in [1.807, 2.05) is 13.8 Å². The van der Waals surface area contributed by atoms with Crippen LogP contribution in [0.5, 0.6) is 0 Å². The number of hydrogen-bond acceptors (Lipinski definition) is 8. The second kappa shape index (κ2) is 6.25. The van der Waals surface area contributed by atoms with Gasteiger partial charge in [0.25, 0.3) is 0 Å². The second-order valence-electron chi connectivity index (χ2n) is 4.94. The molecule has 0 radical (unpaired) electrons. The zero-order valence-corrected chi connectivity index (χ0v) is 14.6. The first kappa shape index (κ1) is 16.5. The Kier molecular flexibility index (Phi) is 4.29. The molecule has 3 heterocycles. The molecule has 3 aromatic rings. The molecule has 0 amide bonds. The molecule has 8 nitrogen and oxygen atoms in total. The fourth-order valence-corrected chi connectivity index (χ4v) is 3.18. The third-order valence-corrected chi connectivity index (χ3v) is 4.38. The van der Waals surface area contributed by atoms with E-state index < -0.39 is 5.97 Å². The number of anilines is 1. The molecule has 3 N–H and O–H groups in total. The maximum absolute atomic E-state index is 11.6. The van der Waals surface area contributed by atoms with Crippen molar-refractivity contribution in [2.45, 2.75) is 24.0 Å². The van der Waals surface area contributed by atoms with Gasteiger partial charge in [0.2, 0.25) is 5.28 Å². The summed E-state index contributed by atoms with van der Waals surface area (Å²) >= 11 is 6.98. The van der Waals surface area contributed by atoms with E-state index in [9.17, 15) is 4.79 Å². The Balaban J connectivity index is 2.01. The number of aromatic amines is 1. The van der Waals surface area contributed by atoms with Gasteiger partial charge in [0.05, 0.1) is 12.5 Å². The summed E-state index contributed by atoms with van der Waals surface area (Å²) in [5, 5.41) is 1.52. The summed E-state index contributed by atoms with van der Waals surface area (Å²) in [6.07, 6.45) is 0. The molecular formula is C14H13ClN6O2S. The number of nitrogens with two attached hydrogens (primary N) is 1. The first-order valence-corrected chi connectivity index (χ1v) is 8.01. The molecule has 0 unspecified atom stereocenters. The summed E-state index contributed by atoms with van der Waals surface area (Å²) < 4.78 is 4.64. The highest BCUT2D eigenvalue weighted by Crippen LogP contribution is 2.30. The Bertz CT molecular complexity index is 958. The molecule has 0 aromatic carbocycles. The normalized spacial score (nSPS) is 11.0.